The van der Waals surface area contributed by atoms with E-state index in [9.17, 15) is 4.79 Å². The minimum Gasteiger partial charge on any atom is -0.490 e. The highest BCUT2D eigenvalue weighted by Gasteiger charge is 2.15. The molecule has 1 aromatic carbocycles. The molecule has 0 unspecified atom stereocenters. The first-order valence-corrected chi connectivity index (χ1v) is 12.4. The van der Waals surface area contributed by atoms with Crippen molar-refractivity contribution in [2.45, 2.75) is 91.4 Å². The maximum Gasteiger partial charge on any atom is 0.314 e. The highest BCUT2D eigenvalue weighted by Crippen LogP contribution is 2.22. The molecule has 176 valence electrons. The first-order chi connectivity index (χ1) is 15.6. The molecule has 0 radical (unpaired) electrons. The van der Waals surface area contributed by atoms with E-state index < -0.39 is 0 Å². The smallest absolute Gasteiger partial charge is 0.314 e. The molecule has 0 amide bonds. The van der Waals surface area contributed by atoms with E-state index in [2.05, 4.69) is 23.8 Å². The van der Waals surface area contributed by atoms with Gasteiger partial charge in [-0.25, -0.2) is 9.97 Å². The molecule has 0 N–H and O–H groups in total. The Labute approximate surface area is 194 Å². The van der Waals surface area contributed by atoms with Crippen LogP contribution in [-0.4, -0.2) is 22.5 Å². The number of carbonyl (C=O) groups is 1. The second-order valence-electron chi connectivity index (χ2n) is 8.55. The highest BCUT2D eigenvalue weighted by atomic mass is 16.5. The third kappa shape index (κ3) is 9.80. The molecular formula is C27H40N2O3. The molecule has 0 aliphatic rings. The summed E-state index contributed by atoms with van der Waals surface area (Å²) in [5.41, 5.74) is 0.874. The SMILES string of the molecule is CCCCCCCCCCOc1cnc(-c2ccc(OC(=O)[C@@H](C)CCCC)cc2)nc1. The normalized spacial score (nSPS) is 11.8. The number of unbranched alkanes of at least 4 members (excludes halogenated alkanes) is 8. The highest BCUT2D eigenvalue weighted by molar-refractivity contribution is 5.75. The van der Waals surface area contributed by atoms with Crippen LogP contribution < -0.4 is 9.47 Å². The molecule has 0 saturated carbocycles. The number of esters is 1. The Morgan fingerprint density at radius 1 is 0.812 bits per heavy atom. The maximum atomic E-state index is 12.1. The molecule has 0 fully saturated rings. The fourth-order valence-corrected chi connectivity index (χ4v) is 3.48. The van der Waals surface area contributed by atoms with E-state index in [0.717, 1.165) is 31.2 Å². The van der Waals surface area contributed by atoms with Crippen LogP contribution in [0.5, 0.6) is 11.5 Å². The second kappa shape index (κ2) is 15.4. The minimum atomic E-state index is -0.180. The summed E-state index contributed by atoms with van der Waals surface area (Å²) in [6.45, 7) is 6.99. The number of hydrogen-bond donors (Lipinski definition) is 0. The van der Waals surface area contributed by atoms with Gasteiger partial charge < -0.3 is 9.47 Å². The van der Waals surface area contributed by atoms with Crippen molar-refractivity contribution in [2.24, 2.45) is 5.92 Å². The van der Waals surface area contributed by atoms with Crippen molar-refractivity contribution >= 4 is 5.97 Å². The molecule has 0 spiro atoms. The molecule has 0 bridgehead atoms. The number of benzene rings is 1. The van der Waals surface area contributed by atoms with Crippen molar-refractivity contribution in [3.05, 3.63) is 36.7 Å². The monoisotopic (exact) mass is 440 g/mol. The predicted octanol–water partition coefficient (Wildman–Crippen LogP) is 7.39. The number of carbonyl (C=O) groups excluding carboxylic acids is 1. The second-order valence-corrected chi connectivity index (χ2v) is 8.55. The quantitative estimate of drug-likeness (QED) is 0.155. The fourth-order valence-electron chi connectivity index (χ4n) is 3.48. The lowest BCUT2D eigenvalue weighted by atomic mass is 10.1. The zero-order valence-electron chi connectivity index (χ0n) is 20.1. The largest absolute Gasteiger partial charge is 0.490 e. The molecule has 2 aromatic rings. The summed E-state index contributed by atoms with van der Waals surface area (Å²) in [5, 5.41) is 0. The number of hydrogen-bond acceptors (Lipinski definition) is 5. The number of ether oxygens (including phenoxy) is 2. The van der Waals surface area contributed by atoms with E-state index in [1.54, 1.807) is 24.5 Å². The lowest BCUT2D eigenvalue weighted by Crippen LogP contribution is -2.17. The van der Waals surface area contributed by atoms with Gasteiger partial charge in [-0.2, -0.15) is 0 Å². The summed E-state index contributed by atoms with van der Waals surface area (Å²) in [6.07, 6.45) is 16.7. The average molecular weight is 441 g/mol. The Morgan fingerprint density at radius 3 is 2.03 bits per heavy atom. The third-order valence-electron chi connectivity index (χ3n) is 5.62. The van der Waals surface area contributed by atoms with Crippen molar-refractivity contribution in [2.75, 3.05) is 6.61 Å². The van der Waals surface area contributed by atoms with Gasteiger partial charge in [0.2, 0.25) is 0 Å². The Kier molecular flexibility index (Phi) is 12.4. The van der Waals surface area contributed by atoms with Gasteiger partial charge in [-0.3, -0.25) is 4.79 Å². The van der Waals surface area contributed by atoms with Gasteiger partial charge in [0.15, 0.2) is 11.6 Å². The molecular weight excluding hydrogens is 400 g/mol. The van der Waals surface area contributed by atoms with E-state index in [1.165, 1.54) is 44.9 Å². The molecule has 5 heteroatoms. The van der Waals surface area contributed by atoms with Crippen molar-refractivity contribution in [3.63, 3.8) is 0 Å². The first-order valence-electron chi connectivity index (χ1n) is 12.4. The molecule has 32 heavy (non-hydrogen) atoms. The summed E-state index contributed by atoms with van der Waals surface area (Å²) in [5.74, 6) is 1.60. The molecule has 2 rings (SSSR count). The number of aromatic nitrogens is 2. The van der Waals surface area contributed by atoms with Gasteiger partial charge in [0, 0.05) is 5.56 Å². The van der Waals surface area contributed by atoms with Crippen LogP contribution in [0.1, 0.15) is 91.4 Å². The zero-order valence-corrected chi connectivity index (χ0v) is 20.1. The van der Waals surface area contributed by atoms with Crippen molar-refractivity contribution in [1.29, 1.82) is 0 Å². The van der Waals surface area contributed by atoms with Gasteiger partial charge in [-0.1, -0.05) is 78.6 Å². The van der Waals surface area contributed by atoms with Crippen LogP contribution in [0.25, 0.3) is 11.4 Å². The number of nitrogens with zero attached hydrogens (tertiary/aromatic N) is 2. The Bertz CT molecular complexity index is 759. The molecule has 0 saturated heterocycles. The number of rotatable bonds is 16. The van der Waals surface area contributed by atoms with Crippen LogP contribution in [0.4, 0.5) is 0 Å². The topological polar surface area (TPSA) is 61.3 Å². The summed E-state index contributed by atoms with van der Waals surface area (Å²) in [6, 6.07) is 7.32. The van der Waals surface area contributed by atoms with Crippen molar-refractivity contribution < 1.29 is 14.3 Å². The molecule has 1 aromatic heterocycles. The van der Waals surface area contributed by atoms with Crippen LogP contribution in [0.2, 0.25) is 0 Å². The Hall–Kier alpha value is -2.43. The van der Waals surface area contributed by atoms with E-state index in [1.807, 2.05) is 19.1 Å². The molecule has 1 atom stereocenters. The summed E-state index contributed by atoms with van der Waals surface area (Å²) >= 11 is 0. The van der Waals surface area contributed by atoms with Gasteiger partial charge >= 0.3 is 5.97 Å². The Morgan fingerprint density at radius 2 is 1.41 bits per heavy atom. The molecule has 0 aliphatic heterocycles. The summed E-state index contributed by atoms with van der Waals surface area (Å²) < 4.78 is 11.3. The lowest BCUT2D eigenvalue weighted by molar-refractivity contribution is -0.138. The summed E-state index contributed by atoms with van der Waals surface area (Å²) in [7, 11) is 0. The Balaban J connectivity index is 1.71. The molecule has 5 nitrogen and oxygen atoms in total. The van der Waals surface area contributed by atoms with Crippen molar-refractivity contribution in [3.8, 4) is 22.9 Å². The van der Waals surface area contributed by atoms with Crippen LogP contribution in [0, 0.1) is 5.92 Å². The maximum absolute atomic E-state index is 12.1. The van der Waals surface area contributed by atoms with Gasteiger partial charge in [-0.15, -0.1) is 0 Å². The fraction of sp³-hybridized carbons (Fsp3) is 0.593. The third-order valence-corrected chi connectivity index (χ3v) is 5.62. The summed E-state index contributed by atoms with van der Waals surface area (Å²) in [4.78, 5) is 21.0. The molecule has 0 aliphatic carbocycles. The average Bonchev–Trinajstić information content (AvgIpc) is 2.82. The van der Waals surface area contributed by atoms with Gasteiger partial charge in [0.1, 0.15) is 5.75 Å². The van der Waals surface area contributed by atoms with E-state index in [4.69, 9.17) is 9.47 Å². The van der Waals surface area contributed by atoms with Gasteiger partial charge in [0.25, 0.3) is 0 Å². The van der Waals surface area contributed by atoms with Gasteiger partial charge in [-0.05, 0) is 37.1 Å². The standard InChI is InChI=1S/C27H40N2O3/c1-4-6-8-9-10-11-12-13-19-31-25-20-28-26(29-21-25)23-15-17-24(18-16-23)32-27(30)22(3)14-7-5-2/h15-18,20-22H,4-14,19H2,1-3H3/t22-/m0/s1. The van der Waals surface area contributed by atoms with E-state index >= 15 is 0 Å². The molecule has 1 heterocycles. The van der Waals surface area contributed by atoms with Crippen molar-refractivity contribution in [1.82, 2.24) is 9.97 Å². The predicted molar refractivity (Wildman–Crippen MR) is 130 cm³/mol. The minimum absolute atomic E-state index is 0.0868. The van der Waals surface area contributed by atoms with Crippen LogP contribution in [0.15, 0.2) is 36.7 Å². The van der Waals surface area contributed by atoms with Crippen LogP contribution in [-0.2, 0) is 4.79 Å². The van der Waals surface area contributed by atoms with Crippen LogP contribution >= 0.6 is 0 Å². The van der Waals surface area contributed by atoms with Gasteiger partial charge in [0.05, 0.1) is 24.9 Å². The first kappa shape index (κ1) is 25.8. The van der Waals surface area contributed by atoms with E-state index in [0.29, 0.717) is 23.9 Å². The van der Waals surface area contributed by atoms with Crippen LogP contribution in [0.3, 0.4) is 0 Å². The zero-order chi connectivity index (χ0) is 23.0. The van der Waals surface area contributed by atoms with E-state index in [-0.39, 0.29) is 11.9 Å². The lowest BCUT2D eigenvalue weighted by Gasteiger charge is -2.11.